The second-order valence-electron chi connectivity index (χ2n) is 2.80. The Morgan fingerprint density at radius 1 is 1.47 bits per heavy atom. The molecule has 0 aromatic heterocycles. The van der Waals surface area contributed by atoms with Crippen LogP contribution in [0.3, 0.4) is 0 Å². The maximum absolute atomic E-state index is 11.0. The van der Waals surface area contributed by atoms with Crippen molar-refractivity contribution >= 4 is 16.8 Å². The first kappa shape index (κ1) is 12.0. The molecule has 0 heterocycles. The summed E-state index contributed by atoms with van der Waals surface area (Å²) in [7, 11) is 1.55. The van der Waals surface area contributed by atoms with Gasteiger partial charge in [0.2, 0.25) is 0 Å². The van der Waals surface area contributed by atoms with E-state index in [1.54, 1.807) is 19.2 Å². The monoisotopic (exact) mass is 231 g/mol. The van der Waals surface area contributed by atoms with Gasteiger partial charge in [-0.05, 0) is 18.2 Å². The van der Waals surface area contributed by atoms with E-state index in [2.05, 4.69) is 0 Å². The van der Waals surface area contributed by atoms with E-state index in [0.29, 0.717) is 24.7 Å². The Kier molecular flexibility index (Phi) is 4.54. The fourth-order valence-electron chi connectivity index (χ4n) is 1.02. The van der Waals surface area contributed by atoms with E-state index in [9.17, 15) is 4.21 Å². The summed E-state index contributed by atoms with van der Waals surface area (Å²) < 4.78 is 30.0. The molecule has 0 bridgehead atoms. The molecule has 1 atom stereocenters. The molecule has 5 nitrogen and oxygen atoms in total. The molecule has 15 heavy (non-hydrogen) atoms. The van der Waals surface area contributed by atoms with Gasteiger partial charge in [-0.3, -0.25) is 0 Å². The summed E-state index contributed by atoms with van der Waals surface area (Å²) in [6, 6.07) is 4.59. The number of anilines is 1. The Hall–Kier alpha value is -1.11. The molecule has 6 heteroatoms. The van der Waals surface area contributed by atoms with Gasteiger partial charge in [-0.25, -0.2) is 4.21 Å². The molecular formula is C9H13NO4S. The van der Waals surface area contributed by atoms with Crippen molar-refractivity contribution in [2.75, 3.05) is 26.1 Å². The van der Waals surface area contributed by atoms with E-state index < -0.39 is 11.1 Å². The van der Waals surface area contributed by atoms with Crippen LogP contribution in [0.4, 0.5) is 5.69 Å². The van der Waals surface area contributed by atoms with E-state index in [1.807, 2.05) is 0 Å². The van der Waals surface area contributed by atoms with Gasteiger partial charge in [0.05, 0.1) is 6.61 Å². The van der Waals surface area contributed by atoms with Crippen LogP contribution in [0.25, 0.3) is 0 Å². The Balaban J connectivity index is 2.81. The van der Waals surface area contributed by atoms with Gasteiger partial charge >= 0.3 is 0 Å². The van der Waals surface area contributed by atoms with Crippen LogP contribution >= 0.6 is 0 Å². The third-order valence-corrected chi connectivity index (χ3v) is 2.40. The molecule has 0 aliphatic carbocycles. The standard InChI is InChI=1S/C9H13NO4S/c1-13-4-5-14-8-3-2-7(10)6-9(8)15(11)12/h2-3,6H,4-5,10H2,1H3,(H,11,12). The highest BCUT2D eigenvalue weighted by Gasteiger charge is 2.09. The Bertz CT molecular complexity index is 356. The normalized spacial score (nSPS) is 12.4. The molecule has 0 amide bonds. The van der Waals surface area contributed by atoms with Crippen molar-refractivity contribution in [1.82, 2.24) is 0 Å². The zero-order valence-electron chi connectivity index (χ0n) is 8.30. The van der Waals surface area contributed by atoms with E-state index in [4.69, 9.17) is 19.8 Å². The van der Waals surface area contributed by atoms with E-state index in [1.165, 1.54) is 6.07 Å². The van der Waals surface area contributed by atoms with Crippen molar-refractivity contribution in [2.24, 2.45) is 0 Å². The molecular weight excluding hydrogens is 218 g/mol. The molecule has 0 fully saturated rings. The lowest BCUT2D eigenvalue weighted by Gasteiger charge is -2.09. The summed E-state index contributed by atoms with van der Waals surface area (Å²) in [5, 5.41) is 0. The molecule has 0 saturated carbocycles. The molecule has 0 saturated heterocycles. The molecule has 1 aromatic rings. The minimum atomic E-state index is -2.10. The topological polar surface area (TPSA) is 81.8 Å². The number of ether oxygens (including phenoxy) is 2. The third kappa shape index (κ3) is 3.50. The van der Waals surface area contributed by atoms with Crippen molar-refractivity contribution in [3.8, 4) is 5.75 Å². The van der Waals surface area contributed by atoms with Gasteiger partial charge < -0.3 is 19.8 Å². The van der Waals surface area contributed by atoms with Gasteiger partial charge in [0.15, 0.2) is 11.1 Å². The van der Waals surface area contributed by atoms with Gasteiger partial charge in [0, 0.05) is 12.8 Å². The molecule has 1 aromatic carbocycles. The average molecular weight is 231 g/mol. The Morgan fingerprint density at radius 2 is 2.20 bits per heavy atom. The van der Waals surface area contributed by atoms with Gasteiger partial charge in [-0.2, -0.15) is 0 Å². The first-order valence-electron chi connectivity index (χ1n) is 4.27. The highest BCUT2D eigenvalue weighted by atomic mass is 32.2. The molecule has 0 aliphatic heterocycles. The number of hydrogen-bond donors (Lipinski definition) is 2. The van der Waals surface area contributed by atoms with Crippen LogP contribution in [0.15, 0.2) is 23.1 Å². The minimum Gasteiger partial charge on any atom is -0.490 e. The molecule has 0 spiro atoms. The van der Waals surface area contributed by atoms with Crippen molar-refractivity contribution in [2.45, 2.75) is 4.90 Å². The predicted octanol–water partition coefficient (Wildman–Crippen LogP) is 0.875. The highest BCUT2D eigenvalue weighted by molar-refractivity contribution is 7.79. The van der Waals surface area contributed by atoms with Crippen LogP contribution in [0.1, 0.15) is 0 Å². The lowest BCUT2D eigenvalue weighted by atomic mass is 10.3. The number of nitrogens with two attached hydrogens (primary N) is 1. The number of benzene rings is 1. The predicted molar refractivity (Wildman–Crippen MR) is 57.3 cm³/mol. The van der Waals surface area contributed by atoms with Crippen LogP contribution in [0.2, 0.25) is 0 Å². The van der Waals surface area contributed by atoms with Crippen molar-refractivity contribution in [3.63, 3.8) is 0 Å². The van der Waals surface area contributed by atoms with Crippen molar-refractivity contribution in [1.29, 1.82) is 0 Å². The number of nitrogen functional groups attached to an aromatic ring is 1. The molecule has 1 unspecified atom stereocenters. The van der Waals surface area contributed by atoms with Crippen molar-refractivity contribution in [3.05, 3.63) is 18.2 Å². The summed E-state index contributed by atoms with van der Waals surface area (Å²) in [5.41, 5.74) is 5.92. The smallest absolute Gasteiger partial charge is 0.190 e. The van der Waals surface area contributed by atoms with E-state index >= 15 is 0 Å². The average Bonchev–Trinajstić information content (AvgIpc) is 2.20. The first-order valence-corrected chi connectivity index (χ1v) is 5.38. The zero-order valence-corrected chi connectivity index (χ0v) is 9.12. The van der Waals surface area contributed by atoms with E-state index in [-0.39, 0.29) is 4.90 Å². The first-order chi connectivity index (χ1) is 7.15. The fourth-order valence-corrected chi connectivity index (χ4v) is 1.55. The van der Waals surface area contributed by atoms with E-state index in [0.717, 1.165) is 0 Å². The van der Waals surface area contributed by atoms with Gasteiger partial charge in [0.25, 0.3) is 0 Å². The molecule has 84 valence electrons. The lowest BCUT2D eigenvalue weighted by molar-refractivity contribution is 0.144. The van der Waals surface area contributed by atoms with Crippen LogP contribution < -0.4 is 10.5 Å². The van der Waals surface area contributed by atoms with Gasteiger partial charge in [-0.15, -0.1) is 0 Å². The lowest BCUT2D eigenvalue weighted by Crippen LogP contribution is -2.06. The maximum atomic E-state index is 11.0. The number of rotatable bonds is 5. The number of methoxy groups -OCH3 is 1. The fraction of sp³-hybridized carbons (Fsp3) is 0.333. The summed E-state index contributed by atoms with van der Waals surface area (Å²) in [6.45, 7) is 0.743. The summed E-state index contributed by atoms with van der Waals surface area (Å²) in [6.07, 6.45) is 0. The maximum Gasteiger partial charge on any atom is 0.190 e. The summed E-state index contributed by atoms with van der Waals surface area (Å²) in [5.74, 6) is 0.349. The number of hydrogen-bond acceptors (Lipinski definition) is 4. The van der Waals surface area contributed by atoms with Gasteiger partial charge in [-0.1, -0.05) is 0 Å². The molecule has 3 N–H and O–H groups in total. The Labute approximate surface area is 90.5 Å². The second-order valence-corrected chi connectivity index (χ2v) is 3.73. The third-order valence-electron chi connectivity index (χ3n) is 1.70. The summed E-state index contributed by atoms with van der Waals surface area (Å²) >= 11 is -2.10. The van der Waals surface area contributed by atoms with Crippen LogP contribution in [-0.4, -0.2) is 29.1 Å². The quantitative estimate of drug-likeness (QED) is 0.446. The van der Waals surface area contributed by atoms with Crippen molar-refractivity contribution < 1.29 is 18.2 Å². The highest BCUT2D eigenvalue weighted by Crippen LogP contribution is 2.23. The minimum absolute atomic E-state index is 0.172. The summed E-state index contributed by atoms with van der Waals surface area (Å²) in [4.78, 5) is 0.172. The zero-order chi connectivity index (χ0) is 11.3. The molecule has 1 rings (SSSR count). The van der Waals surface area contributed by atoms with Crippen LogP contribution in [-0.2, 0) is 15.8 Å². The SMILES string of the molecule is COCCOc1ccc(N)cc1S(=O)O. The molecule has 0 aliphatic rings. The van der Waals surface area contributed by atoms with Crippen LogP contribution in [0, 0.1) is 0 Å². The van der Waals surface area contributed by atoms with Crippen LogP contribution in [0.5, 0.6) is 5.75 Å². The Morgan fingerprint density at radius 3 is 2.80 bits per heavy atom. The second kappa shape index (κ2) is 5.69. The van der Waals surface area contributed by atoms with Gasteiger partial charge in [0.1, 0.15) is 17.3 Å². The largest absolute Gasteiger partial charge is 0.490 e. The molecule has 0 radical (unpaired) electrons.